The van der Waals surface area contributed by atoms with E-state index in [1.54, 1.807) is 13.2 Å². The number of carbonyl (C=O) groups is 1. The van der Waals surface area contributed by atoms with E-state index in [0.717, 1.165) is 23.4 Å². The summed E-state index contributed by atoms with van der Waals surface area (Å²) in [4.78, 5) is 19.2. The lowest BCUT2D eigenvalue weighted by molar-refractivity contribution is 0.0874. The third-order valence-corrected chi connectivity index (χ3v) is 5.60. The van der Waals surface area contributed by atoms with Crippen LogP contribution in [0.2, 0.25) is 5.15 Å². The number of carbonyl (C=O) groups excluding carboxylic acids is 1. The average molecular weight is 425 g/mol. The number of rotatable bonds is 6. The molecule has 0 atom stereocenters. The van der Waals surface area contributed by atoms with Gasteiger partial charge in [-0.1, -0.05) is 23.7 Å². The van der Waals surface area contributed by atoms with E-state index in [1.807, 2.05) is 36.2 Å². The Bertz CT molecular complexity index is 1130. The van der Waals surface area contributed by atoms with Crippen molar-refractivity contribution in [2.45, 2.75) is 31.3 Å². The van der Waals surface area contributed by atoms with Gasteiger partial charge in [-0.25, -0.2) is 9.50 Å². The van der Waals surface area contributed by atoms with Crippen LogP contribution >= 0.6 is 11.6 Å². The maximum Gasteiger partial charge on any atom is 0.272 e. The Balaban J connectivity index is 1.63. The van der Waals surface area contributed by atoms with Gasteiger partial charge in [0.2, 0.25) is 0 Å². The Morgan fingerprint density at radius 1 is 1.40 bits per heavy atom. The molecule has 4 rings (SSSR count). The minimum atomic E-state index is -0.798. The molecule has 2 heterocycles. The van der Waals surface area contributed by atoms with Crippen molar-refractivity contribution in [1.82, 2.24) is 19.9 Å². The molecule has 0 unspecified atom stereocenters. The monoisotopic (exact) mass is 424 g/mol. The Morgan fingerprint density at radius 3 is 2.73 bits per heavy atom. The number of nitriles is 1. The maximum atomic E-state index is 12.8. The molecule has 0 radical (unpaired) electrons. The van der Waals surface area contributed by atoms with Gasteiger partial charge in [0.15, 0.2) is 16.5 Å². The van der Waals surface area contributed by atoms with Crippen LogP contribution in [0.1, 0.15) is 35.3 Å². The molecule has 9 heteroatoms. The molecule has 1 aliphatic carbocycles. The first kappa shape index (κ1) is 20.0. The normalized spacial score (nSPS) is 14.6. The van der Waals surface area contributed by atoms with E-state index in [0.29, 0.717) is 25.0 Å². The number of amides is 1. The van der Waals surface area contributed by atoms with Crippen molar-refractivity contribution >= 4 is 28.8 Å². The fraction of sp³-hybridized carbons (Fsp3) is 0.333. The molecule has 0 spiro atoms. The average Bonchev–Trinajstić information content (AvgIpc) is 3.14. The van der Waals surface area contributed by atoms with Crippen LogP contribution in [-0.2, 0) is 6.54 Å². The van der Waals surface area contributed by atoms with Gasteiger partial charge in [0.25, 0.3) is 5.91 Å². The number of imidazole rings is 1. The topological polar surface area (TPSA) is 95.5 Å². The molecule has 1 aromatic carbocycles. The number of nitrogens with zero attached hydrogens (tertiary/aromatic N) is 5. The Morgan fingerprint density at radius 2 is 2.13 bits per heavy atom. The van der Waals surface area contributed by atoms with Crippen molar-refractivity contribution in [3.8, 4) is 11.8 Å². The zero-order valence-corrected chi connectivity index (χ0v) is 17.5. The van der Waals surface area contributed by atoms with Gasteiger partial charge >= 0.3 is 0 Å². The number of methoxy groups -OCH3 is 1. The van der Waals surface area contributed by atoms with Gasteiger partial charge in [0, 0.05) is 19.7 Å². The molecule has 2 aromatic heterocycles. The van der Waals surface area contributed by atoms with E-state index >= 15 is 0 Å². The Labute approximate surface area is 179 Å². The summed E-state index contributed by atoms with van der Waals surface area (Å²) in [5.41, 5.74) is 1.78. The van der Waals surface area contributed by atoms with Crippen LogP contribution in [0.4, 0.5) is 5.69 Å². The van der Waals surface area contributed by atoms with Crippen LogP contribution in [0.5, 0.6) is 5.75 Å². The summed E-state index contributed by atoms with van der Waals surface area (Å²) < 4.78 is 6.63. The SMILES string of the molecule is COc1ccc(CN(C)c2cc(Cl)nn3c(C(=O)NC4(C#N)CCC4)cnc23)cc1. The quantitative estimate of drug-likeness (QED) is 0.652. The van der Waals surface area contributed by atoms with Gasteiger partial charge in [-0.2, -0.15) is 10.4 Å². The molecule has 1 N–H and O–H groups in total. The third-order valence-electron chi connectivity index (χ3n) is 5.41. The summed E-state index contributed by atoms with van der Waals surface area (Å²) >= 11 is 6.26. The van der Waals surface area contributed by atoms with Crippen LogP contribution in [0.15, 0.2) is 36.5 Å². The van der Waals surface area contributed by atoms with Crippen LogP contribution in [0, 0.1) is 11.3 Å². The smallest absolute Gasteiger partial charge is 0.272 e. The minimum absolute atomic E-state index is 0.241. The van der Waals surface area contributed by atoms with Gasteiger partial charge in [0.1, 0.15) is 11.3 Å². The van der Waals surface area contributed by atoms with Crippen molar-refractivity contribution in [2.75, 3.05) is 19.1 Å². The molecule has 30 heavy (non-hydrogen) atoms. The summed E-state index contributed by atoms with van der Waals surface area (Å²) in [5.74, 6) is 0.406. The highest BCUT2D eigenvalue weighted by atomic mass is 35.5. The predicted octanol–water partition coefficient (Wildman–Crippen LogP) is 3.20. The number of aromatic nitrogens is 3. The molecule has 1 aliphatic rings. The number of hydrogen-bond acceptors (Lipinski definition) is 6. The molecular weight excluding hydrogens is 404 g/mol. The number of benzene rings is 1. The fourth-order valence-electron chi connectivity index (χ4n) is 3.53. The first-order chi connectivity index (χ1) is 14.4. The first-order valence-electron chi connectivity index (χ1n) is 9.57. The number of halogens is 1. The van der Waals surface area contributed by atoms with Crippen LogP contribution in [-0.4, -0.2) is 40.2 Å². The molecule has 0 aliphatic heterocycles. The van der Waals surface area contributed by atoms with E-state index in [9.17, 15) is 10.1 Å². The van der Waals surface area contributed by atoms with Crippen LogP contribution < -0.4 is 15.0 Å². The summed E-state index contributed by atoms with van der Waals surface area (Å²) in [5, 5.41) is 16.7. The van der Waals surface area contributed by atoms with E-state index < -0.39 is 5.54 Å². The minimum Gasteiger partial charge on any atom is -0.497 e. The van der Waals surface area contributed by atoms with Gasteiger partial charge in [-0.05, 0) is 37.0 Å². The maximum absolute atomic E-state index is 12.8. The zero-order chi connectivity index (χ0) is 21.3. The standard InChI is InChI=1S/C21H21ClN6O2/c1-27(12-14-4-6-15(30-2)7-5-14)16-10-18(22)26-28-17(11-24-19(16)28)20(29)25-21(13-23)8-3-9-21/h4-7,10-11H,3,8-9,12H2,1-2H3,(H,25,29). The van der Waals surface area contributed by atoms with E-state index in [2.05, 4.69) is 21.5 Å². The highest BCUT2D eigenvalue weighted by Gasteiger charge is 2.39. The first-order valence-corrected chi connectivity index (χ1v) is 9.94. The lowest BCUT2D eigenvalue weighted by atomic mass is 9.78. The van der Waals surface area contributed by atoms with Crippen LogP contribution in [0.3, 0.4) is 0 Å². The fourth-order valence-corrected chi connectivity index (χ4v) is 3.70. The van der Waals surface area contributed by atoms with Gasteiger partial charge in [0.05, 0.1) is 25.1 Å². The molecule has 0 bridgehead atoms. The summed E-state index contributed by atoms with van der Waals surface area (Å²) in [7, 11) is 3.55. The van der Waals surface area contributed by atoms with Crippen LogP contribution in [0.25, 0.3) is 5.65 Å². The lowest BCUT2D eigenvalue weighted by Crippen LogP contribution is -2.52. The van der Waals surface area contributed by atoms with Crippen molar-refractivity contribution in [2.24, 2.45) is 0 Å². The summed E-state index contributed by atoms with van der Waals surface area (Å²) in [6, 6.07) is 11.7. The number of fused-ring (bicyclic) bond motifs is 1. The molecule has 8 nitrogen and oxygen atoms in total. The van der Waals surface area contributed by atoms with Gasteiger partial charge in [-0.3, -0.25) is 4.79 Å². The molecule has 1 amide bonds. The highest BCUT2D eigenvalue weighted by Crippen LogP contribution is 2.31. The molecule has 3 aromatic rings. The van der Waals surface area contributed by atoms with Crippen molar-refractivity contribution in [3.63, 3.8) is 0 Å². The third kappa shape index (κ3) is 3.64. The van der Waals surface area contributed by atoms with E-state index in [4.69, 9.17) is 16.3 Å². The Hall–Kier alpha value is -3.31. The second-order valence-electron chi connectivity index (χ2n) is 7.44. The van der Waals surface area contributed by atoms with Crippen molar-refractivity contribution in [3.05, 3.63) is 52.9 Å². The van der Waals surface area contributed by atoms with Gasteiger partial charge in [-0.15, -0.1) is 0 Å². The number of ether oxygens (including phenoxy) is 1. The number of anilines is 1. The zero-order valence-electron chi connectivity index (χ0n) is 16.7. The number of nitrogens with one attached hydrogen (secondary N) is 1. The van der Waals surface area contributed by atoms with Gasteiger partial charge < -0.3 is 15.0 Å². The highest BCUT2D eigenvalue weighted by molar-refractivity contribution is 6.29. The number of hydrogen-bond donors (Lipinski definition) is 1. The van der Waals surface area contributed by atoms with E-state index in [-0.39, 0.29) is 16.8 Å². The second-order valence-corrected chi connectivity index (χ2v) is 7.82. The lowest BCUT2D eigenvalue weighted by Gasteiger charge is -2.35. The van der Waals surface area contributed by atoms with Crippen molar-refractivity contribution in [1.29, 1.82) is 5.26 Å². The molecule has 154 valence electrons. The summed E-state index contributed by atoms with van der Waals surface area (Å²) in [6.45, 7) is 0.603. The Kier molecular flexibility index (Phi) is 5.22. The molecule has 0 saturated heterocycles. The largest absolute Gasteiger partial charge is 0.497 e. The second kappa shape index (κ2) is 7.84. The molecule has 1 saturated carbocycles. The molecular formula is C21H21ClN6O2. The van der Waals surface area contributed by atoms with E-state index in [1.165, 1.54) is 10.7 Å². The summed E-state index contributed by atoms with van der Waals surface area (Å²) in [6.07, 6.45) is 3.68. The van der Waals surface area contributed by atoms with Crippen molar-refractivity contribution < 1.29 is 9.53 Å². The molecule has 1 fully saturated rings. The predicted molar refractivity (Wildman–Crippen MR) is 113 cm³/mol.